The Bertz CT molecular complexity index is 577. The highest BCUT2D eigenvalue weighted by molar-refractivity contribution is 5.31. The van der Waals surface area contributed by atoms with E-state index in [1.807, 2.05) is 37.6 Å². The molecule has 0 saturated heterocycles. The topological polar surface area (TPSA) is 66.0 Å². The fraction of sp³-hybridized carbons (Fsp3) is 0.467. The van der Waals surface area contributed by atoms with E-state index in [4.69, 9.17) is 10.5 Å². The maximum absolute atomic E-state index is 6.35. The summed E-state index contributed by atoms with van der Waals surface area (Å²) >= 11 is 0. The zero-order valence-corrected chi connectivity index (χ0v) is 12.5. The molecule has 0 aliphatic rings. The predicted molar refractivity (Wildman–Crippen MR) is 78.7 cm³/mol. The summed E-state index contributed by atoms with van der Waals surface area (Å²) in [5, 5.41) is 4.43. The monoisotopic (exact) mass is 274 g/mol. The van der Waals surface area contributed by atoms with Crippen LogP contribution in [0.4, 0.5) is 0 Å². The minimum absolute atomic E-state index is 0.117. The molecule has 0 aliphatic heterocycles. The summed E-state index contributed by atoms with van der Waals surface area (Å²) in [5.74, 6) is 0.743. The fourth-order valence-electron chi connectivity index (χ4n) is 2.18. The summed E-state index contributed by atoms with van der Waals surface area (Å²) in [6.07, 6.45) is 3.60. The third kappa shape index (κ3) is 3.17. The average Bonchev–Trinajstić information content (AvgIpc) is 2.78. The van der Waals surface area contributed by atoms with E-state index in [1.165, 1.54) is 0 Å². The molecule has 0 saturated carbocycles. The van der Waals surface area contributed by atoms with Crippen LogP contribution in [0.3, 0.4) is 0 Å². The van der Waals surface area contributed by atoms with Crippen LogP contribution in [0.2, 0.25) is 0 Å². The van der Waals surface area contributed by atoms with Crippen molar-refractivity contribution in [2.24, 2.45) is 5.73 Å². The van der Waals surface area contributed by atoms with Crippen molar-refractivity contribution < 1.29 is 4.74 Å². The first-order valence-corrected chi connectivity index (χ1v) is 6.92. The van der Waals surface area contributed by atoms with Gasteiger partial charge >= 0.3 is 0 Å². The van der Waals surface area contributed by atoms with E-state index in [-0.39, 0.29) is 12.1 Å². The molecule has 5 heteroatoms. The number of nitrogens with zero attached hydrogens (tertiary/aromatic N) is 3. The smallest absolute Gasteiger partial charge is 0.138 e. The maximum atomic E-state index is 6.35. The molecule has 0 aliphatic carbocycles. The fourth-order valence-corrected chi connectivity index (χ4v) is 2.18. The van der Waals surface area contributed by atoms with Crippen LogP contribution in [0.25, 0.3) is 0 Å². The predicted octanol–water partition coefficient (Wildman–Crippen LogP) is 2.44. The molecule has 108 valence electrons. The van der Waals surface area contributed by atoms with Gasteiger partial charge in [-0.15, -0.1) is 0 Å². The molecule has 0 spiro atoms. The number of aromatic nitrogens is 3. The van der Waals surface area contributed by atoms with Crippen molar-refractivity contribution >= 4 is 0 Å². The van der Waals surface area contributed by atoms with Gasteiger partial charge in [-0.1, -0.05) is 0 Å². The van der Waals surface area contributed by atoms with E-state index in [9.17, 15) is 0 Å². The SMILES string of the molecule is CCn1nc(C)cc1C(N)c1cncc(OC(C)C)c1. The molecule has 0 amide bonds. The van der Waals surface area contributed by atoms with E-state index in [2.05, 4.69) is 17.0 Å². The summed E-state index contributed by atoms with van der Waals surface area (Å²) in [5.41, 5.74) is 9.24. The Labute approximate surface area is 119 Å². The lowest BCUT2D eigenvalue weighted by atomic mass is 10.1. The van der Waals surface area contributed by atoms with Gasteiger partial charge in [0.25, 0.3) is 0 Å². The molecule has 2 rings (SSSR count). The van der Waals surface area contributed by atoms with Gasteiger partial charge in [0.2, 0.25) is 0 Å². The Morgan fingerprint density at radius 3 is 2.70 bits per heavy atom. The van der Waals surface area contributed by atoms with Crippen LogP contribution in [0.5, 0.6) is 5.75 Å². The van der Waals surface area contributed by atoms with E-state index in [1.54, 1.807) is 12.4 Å². The van der Waals surface area contributed by atoms with Crippen molar-refractivity contribution in [1.29, 1.82) is 0 Å². The number of ether oxygens (including phenoxy) is 1. The van der Waals surface area contributed by atoms with E-state index in [0.717, 1.165) is 29.2 Å². The summed E-state index contributed by atoms with van der Waals surface area (Å²) in [7, 11) is 0. The second kappa shape index (κ2) is 6.05. The zero-order valence-electron chi connectivity index (χ0n) is 12.5. The van der Waals surface area contributed by atoms with Gasteiger partial charge in [0.1, 0.15) is 5.75 Å². The first-order valence-electron chi connectivity index (χ1n) is 6.92. The lowest BCUT2D eigenvalue weighted by Crippen LogP contribution is -2.17. The number of hydrogen-bond acceptors (Lipinski definition) is 4. The van der Waals surface area contributed by atoms with Gasteiger partial charge < -0.3 is 10.5 Å². The summed E-state index contributed by atoms with van der Waals surface area (Å²) < 4.78 is 7.59. The first-order chi connectivity index (χ1) is 9.51. The van der Waals surface area contributed by atoms with Crippen molar-refractivity contribution in [3.8, 4) is 5.75 Å². The molecule has 0 fully saturated rings. The third-order valence-corrected chi connectivity index (χ3v) is 3.02. The molecular weight excluding hydrogens is 252 g/mol. The highest BCUT2D eigenvalue weighted by Crippen LogP contribution is 2.23. The second-order valence-corrected chi connectivity index (χ2v) is 5.12. The Morgan fingerprint density at radius 1 is 1.30 bits per heavy atom. The molecule has 1 atom stereocenters. The molecule has 0 bridgehead atoms. The highest BCUT2D eigenvalue weighted by Gasteiger charge is 2.16. The van der Waals surface area contributed by atoms with E-state index >= 15 is 0 Å². The van der Waals surface area contributed by atoms with Crippen LogP contribution in [0.15, 0.2) is 24.5 Å². The van der Waals surface area contributed by atoms with Crippen molar-refractivity contribution in [2.75, 3.05) is 0 Å². The molecule has 2 aromatic rings. The molecule has 0 aromatic carbocycles. The number of hydrogen-bond donors (Lipinski definition) is 1. The summed E-state index contributed by atoms with van der Waals surface area (Å²) in [6, 6.07) is 3.71. The van der Waals surface area contributed by atoms with Crippen LogP contribution in [0.1, 0.15) is 43.8 Å². The minimum Gasteiger partial charge on any atom is -0.489 e. The Morgan fingerprint density at radius 2 is 2.05 bits per heavy atom. The number of pyridine rings is 1. The quantitative estimate of drug-likeness (QED) is 0.909. The van der Waals surface area contributed by atoms with Crippen molar-refractivity contribution in [3.63, 3.8) is 0 Å². The number of nitrogens with two attached hydrogens (primary N) is 1. The van der Waals surface area contributed by atoms with Gasteiger partial charge in [-0.25, -0.2) is 0 Å². The number of rotatable bonds is 5. The minimum atomic E-state index is -0.251. The maximum Gasteiger partial charge on any atom is 0.138 e. The summed E-state index contributed by atoms with van der Waals surface area (Å²) in [4.78, 5) is 4.21. The van der Waals surface area contributed by atoms with Crippen molar-refractivity contribution in [3.05, 3.63) is 41.5 Å². The molecule has 2 N–H and O–H groups in total. The lowest BCUT2D eigenvalue weighted by Gasteiger charge is -2.15. The lowest BCUT2D eigenvalue weighted by molar-refractivity contribution is 0.241. The highest BCUT2D eigenvalue weighted by atomic mass is 16.5. The third-order valence-electron chi connectivity index (χ3n) is 3.02. The Hall–Kier alpha value is -1.88. The summed E-state index contributed by atoms with van der Waals surface area (Å²) in [6.45, 7) is 8.80. The molecule has 2 aromatic heterocycles. The molecular formula is C15H22N4O. The van der Waals surface area contributed by atoms with Gasteiger partial charge in [0.05, 0.1) is 29.7 Å². The Balaban J connectivity index is 2.30. The van der Waals surface area contributed by atoms with Crippen LogP contribution < -0.4 is 10.5 Å². The van der Waals surface area contributed by atoms with E-state index < -0.39 is 0 Å². The van der Waals surface area contributed by atoms with Gasteiger partial charge in [0.15, 0.2) is 0 Å². The largest absolute Gasteiger partial charge is 0.489 e. The van der Waals surface area contributed by atoms with Crippen LogP contribution in [-0.2, 0) is 6.54 Å². The van der Waals surface area contributed by atoms with Gasteiger partial charge in [0, 0.05) is 12.7 Å². The van der Waals surface area contributed by atoms with Crippen LogP contribution in [-0.4, -0.2) is 20.9 Å². The van der Waals surface area contributed by atoms with Crippen LogP contribution >= 0.6 is 0 Å². The van der Waals surface area contributed by atoms with Crippen LogP contribution in [0, 0.1) is 6.92 Å². The zero-order chi connectivity index (χ0) is 14.7. The molecule has 5 nitrogen and oxygen atoms in total. The van der Waals surface area contributed by atoms with Gasteiger partial charge in [-0.05, 0) is 45.4 Å². The van der Waals surface area contributed by atoms with E-state index in [0.29, 0.717) is 0 Å². The molecule has 20 heavy (non-hydrogen) atoms. The second-order valence-electron chi connectivity index (χ2n) is 5.12. The van der Waals surface area contributed by atoms with Crippen molar-refractivity contribution in [2.45, 2.75) is 46.4 Å². The standard InChI is InChI=1S/C15H22N4O/c1-5-19-14(6-11(4)18-19)15(16)12-7-13(9-17-8-12)20-10(2)3/h6-10,15H,5,16H2,1-4H3. The van der Waals surface area contributed by atoms with Gasteiger partial charge in [-0.3, -0.25) is 9.67 Å². The molecule has 1 unspecified atom stereocenters. The molecule has 2 heterocycles. The normalized spacial score (nSPS) is 12.7. The first kappa shape index (κ1) is 14.5. The van der Waals surface area contributed by atoms with Crippen molar-refractivity contribution in [1.82, 2.24) is 14.8 Å². The molecule has 0 radical (unpaired) electrons. The Kier molecular flexibility index (Phi) is 4.39. The van der Waals surface area contributed by atoms with Gasteiger partial charge in [-0.2, -0.15) is 5.10 Å². The number of aryl methyl sites for hydroxylation is 2. The average molecular weight is 274 g/mol.